The molecule has 1 aromatic rings. The maximum absolute atomic E-state index is 13.7. The van der Waals surface area contributed by atoms with Crippen LogP contribution < -0.4 is 0 Å². The fraction of sp³-hybridized carbons (Fsp3) is 0.562. The standard InChI is InChI=1S/C16H20FNO/c1-12-6-7-13(10-14(12)17)15(2,19)16(11-18)8-4-3-5-9-16/h6-7,10,19H,3-5,8-9H2,1-2H3. The minimum atomic E-state index is -1.31. The van der Waals surface area contributed by atoms with Gasteiger partial charge in [-0.3, -0.25) is 0 Å². The molecule has 1 fully saturated rings. The van der Waals surface area contributed by atoms with Crippen molar-refractivity contribution in [1.82, 2.24) is 0 Å². The van der Waals surface area contributed by atoms with Gasteiger partial charge in [0.15, 0.2) is 0 Å². The molecule has 1 aliphatic carbocycles. The van der Waals surface area contributed by atoms with Crippen molar-refractivity contribution in [3.63, 3.8) is 0 Å². The highest BCUT2D eigenvalue weighted by Crippen LogP contribution is 2.49. The van der Waals surface area contributed by atoms with Crippen LogP contribution in [-0.2, 0) is 5.60 Å². The smallest absolute Gasteiger partial charge is 0.126 e. The Morgan fingerprint density at radius 2 is 1.95 bits per heavy atom. The summed E-state index contributed by atoms with van der Waals surface area (Å²) in [4.78, 5) is 0. The summed E-state index contributed by atoms with van der Waals surface area (Å²) in [6.45, 7) is 3.33. The second-order valence-electron chi connectivity index (χ2n) is 5.79. The minimum absolute atomic E-state index is 0.332. The van der Waals surface area contributed by atoms with E-state index in [0.717, 1.165) is 19.3 Å². The van der Waals surface area contributed by atoms with Gasteiger partial charge in [-0.1, -0.05) is 31.4 Å². The highest BCUT2D eigenvalue weighted by atomic mass is 19.1. The van der Waals surface area contributed by atoms with Crippen LogP contribution in [0.4, 0.5) is 4.39 Å². The van der Waals surface area contributed by atoms with Crippen LogP contribution >= 0.6 is 0 Å². The van der Waals surface area contributed by atoms with Crippen molar-refractivity contribution in [3.05, 3.63) is 35.1 Å². The fourth-order valence-electron chi connectivity index (χ4n) is 3.03. The summed E-state index contributed by atoms with van der Waals surface area (Å²) >= 11 is 0. The molecule has 19 heavy (non-hydrogen) atoms. The lowest BCUT2D eigenvalue weighted by Crippen LogP contribution is -2.44. The Morgan fingerprint density at radius 3 is 2.47 bits per heavy atom. The van der Waals surface area contributed by atoms with Crippen LogP contribution in [0.3, 0.4) is 0 Å². The number of nitriles is 1. The van der Waals surface area contributed by atoms with Gasteiger partial charge in [0.05, 0.1) is 11.5 Å². The lowest BCUT2D eigenvalue weighted by atomic mass is 9.62. The van der Waals surface area contributed by atoms with Crippen LogP contribution in [0.1, 0.15) is 50.2 Å². The molecule has 0 bridgehead atoms. The highest BCUT2D eigenvalue weighted by Gasteiger charge is 2.49. The molecule has 0 aromatic heterocycles. The zero-order chi connectivity index (χ0) is 14.1. The average molecular weight is 261 g/mol. The van der Waals surface area contributed by atoms with E-state index >= 15 is 0 Å². The van der Waals surface area contributed by atoms with Gasteiger partial charge in [0.1, 0.15) is 11.4 Å². The van der Waals surface area contributed by atoms with E-state index in [0.29, 0.717) is 24.0 Å². The second-order valence-corrected chi connectivity index (χ2v) is 5.79. The van der Waals surface area contributed by atoms with Crippen molar-refractivity contribution < 1.29 is 9.50 Å². The van der Waals surface area contributed by atoms with Crippen LogP contribution in [-0.4, -0.2) is 5.11 Å². The minimum Gasteiger partial charge on any atom is -0.384 e. The molecule has 2 rings (SSSR count). The van der Waals surface area contributed by atoms with E-state index in [1.54, 1.807) is 26.0 Å². The SMILES string of the molecule is Cc1ccc(C(C)(O)C2(C#N)CCCCC2)cc1F. The Labute approximate surface area is 113 Å². The Bertz CT molecular complexity index is 510. The molecular formula is C16H20FNO. The van der Waals surface area contributed by atoms with Gasteiger partial charge in [0, 0.05) is 0 Å². The summed E-state index contributed by atoms with van der Waals surface area (Å²) in [5, 5.41) is 20.4. The van der Waals surface area contributed by atoms with Gasteiger partial charge < -0.3 is 5.11 Å². The van der Waals surface area contributed by atoms with Gasteiger partial charge in [-0.15, -0.1) is 0 Å². The Morgan fingerprint density at radius 1 is 1.32 bits per heavy atom. The molecule has 1 aliphatic rings. The summed E-state index contributed by atoms with van der Waals surface area (Å²) < 4.78 is 13.7. The Balaban J connectivity index is 2.45. The summed E-state index contributed by atoms with van der Waals surface area (Å²) in [5.74, 6) is -0.332. The van der Waals surface area contributed by atoms with E-state index in [4.69, 9.17) is 0 Å². The molecule has 102 valence electrons. The maximum atomic E-state index is 13.7. The van der Waals surface area contributed by atoms with Gasteiger partial charge in [-0.2, -0.15) is 5.26 Å². The third-order valence-corrected chi connectivity index (χ3v) is 4.59. The zero-order valence-corrected chi connectivity index (χ0v) is 11.5. The monoisotopic (exact) mass is 261 g/mol. The molecule has 0 saturated heterocycles. The van der Waals surface area contributed by atoms with E-state index in [1.807, 2.05) is 0 Å². The molecule has 1 unspecified atom stereocenters. The number of aryl methyl sites for hydroxylation is 1. The number of rotatable bonds is 2. The zero-order valence-electron chi connectivity index (χ0n) is 11.5. The lowest BCUT2D eigenvalue weighted by Gasteiger charge is -2.43. The first-order chi connectivity index (χ1) is 8.93. The topological polar surface area (TPSA) is 44.0 Å². The number of nitrogens with zero attached hydrogens (tertiary/aromatic N) is 1. The van der Waals surface area contributed by atoms with Crippen molar-refractivity contribution in [1.29, 1.82) is 5.26 Å². The maximum Gasteiger partial charge on any atom is 0.126 e. The summed E-state index contributed by atoms with van der Waals surface area (Å²) in [7, 11) is 0. The number of hydrogen-bond acceptors (Lipinski definition) is 2. The van der Waals surface area contributed by atoms with Gasteiger partial charge in [0.2, 0.25) is 0 Å². The molecule has 2 nitrogen and oxygen atoms in total. The average Bonchev–Trinajstić information content (AvgIpc) is 2.42. The van der Waals surface area contributed by atoms with Crippen LogP contribution in [0.15, 0.2) is 18.2 Å². The van der Waals surface area contributed by atoms with Gasteiger partial charge in [-0.25, -0.2) is 4.39 Å². The van der Waals surface area contributed by atoms with Crippen molar-refractivity contribution in [2.45, 2.75) is 51.6 Å². The number of aliphatic hydroxyl groups is 1. The van der Waals surface area contributed by atoms with E-state index in [1.165, 1.54) is 6.07 Å². The van der Waals surface area contributed by atoms with E-state index in [-0.39, 0.29) is 5.82 Å². The molecule has 0 amide bonds. The normalized spacial score (nSPS) is 21.4. The fourth-order valence-corrected chi connectivity index (χ4v) is 3.03. The molecule has 0 heterocycles. The third kappa shape index (κ3) is 2.26. The van der Waals surface area contributed by atoms with Crippen molar-refractivity contribution in [2.75, 3.05) is 0 Å². The van der Waals surface area contributed by atoms with Crippen molar-refractivity contribution in [2.24, 2.45) is 5.41 Å². The third-order valence-electron chi connectivity index (χ3n) is 4.59. The molecular weight excluding hydrogens is 241 g/mol. The van der Waals surface area contributed by atoms with E-state index in [9.17, 15) is 14.8 Å². The van der Waals surface area contributed by atoms with Crippen LogP contribution in [0.2, 0.25) is 0 Å². The van der Waals surface area contributed by atoms with E-state index in [2.05, 4.69) is 6.07 Å². The van der Waals surface area contributed by atoms with Gasteiger partial charge >= 0.3 is 0 Å². The van der Waals surface area contributed by atoms with Crippen LogP contribution in [0.5, 0.6) is 0 Å². The first-order valence-electron chi connectivity index (χ1n) is 6.83. The first-order valence-corrected chi connectivity index (χ1v) is 6.83. The molecule has 1 atom stereocenters. The number of benzene rings is 1. The lowest BCUT2D eigenvalue weighted by molar-refractivity contribution is -0.0636. The Kier molecular flexibility index (Phi) is 3.64. The van der Waals surface area contributed by atoms with Crippen LogP contribution in [0, 0.1) is 29.5 Å². The van der Waals surface area contributed by atoms with Gasteiger partial charge in [-0.05, 0) is 43.9 Å². The first kappa shape index (κ1) is 14.0. The molecule has 1 saturated carbocycles. The second kappa shape index (κ2) is 4.94. The number of halogens is 1. The Hall–Kier alpha value is -1.40. The molecule has 1 aromatic carbocycles. The molecule has 3 heteroatoms. The number of hydrogen-bond donors (Lipinski definition) is 1. The predicted octanol–water partition coefficient (Wildman–Crippen LogP) is 3.82. The summed E-state index contributed by atoms with van der Waals surface area (Å²) in [6.07, 6.45) is 4.33. The molecule has 0 spiro atoms. The summed E-state index contributed by atoms with van der Waals surface area (Å²) in [6, 6.07) is 7.07. The largest absolute Gasteiger partial charge is 0.384 e. The molecule has 1 N–H and O–H groups in total. The molecule has 0 aliphatic heterocycles. The van der Waals surface area contributed by atoms with Crippen molar-refractivity contribution in [3.8, 4) is 6.07 Å². The van der Waals surface area contributed by atoms with E-state index < -0.39 is 11.0 Å². The summed E-state index contributed by atoms with van der Waals surface area (Å²) in [5.41, 5.74) is -1.06. The highest BCUT2D eigenvalue weighted by molar-refractivity contribution is 5.32. The molecule has 0 radical (unpaired) electrons. The van der Waals surface area contributed by atoms with Crippen LogP contribution in [0.25, 0.3) is 0 Å². The van der Waals surface area contributed by atoms with Gasteiger partial charge in [0.25, 0.3) is 0 Å². The predicted molar refractivity (Wildman–Crippen MR) is 71.8 cm³/mol. The van der Waals surface area contributed by atoms with Crippen molar-refractivity contribution >= 4 is 0 Å². The quantitative estimate of drug-likeness (QED) is 0.879.